The first kappa shape index (κ1) is 12.3. The number of nitrogens with one attached hydrogen (secondary N) is 2. The molecule has 0 saturated heterocycles. The number of hydrogen-bond donors (Lipinski definition) is 2. The van der Waals surface area contributed by atoms with Gasteiger partial charge in [-0.3, -0.25) is 4.79 Å². The summed E-state index contributed by atoms with van der Waals surface area (Å²) in [6, 6.07) is 5.89. The molecule has 3 rings (SSSR count). The van der Waals surface area contributed by atoms with Gasteiger partial charge >= 0.3 is 0 Å². The van der Waals surface area contributed by atoms with Crippen LogP contribution >= 0.6 is 0 Å². The molecule has 1 amide bonds. The van der Waals surface area contributed by atoms with E-state index in [9.17, 15) is 4.79 Å². The van der Waals surface area contributed by atoms with Gasteiger partial charge in [0, 0.05) is 12.5 Å². The first-order chi connectivity index (χ1) is 9.81. The number of rotatable bonds is 4. The van der Waals surface area contributed by atoms with Crippen LogP contribution in [-0.4, -0.2) is 33.1 Å². The lowest BCUT2D eigenvalue weighted by Crippen LogP contribution is -2.20. The maximum Gasteiger partial charge on any atom is 0.244 e. The van der Waals surface area contributed by atoms with Gasteiger partial charge < -0.3 is 10.1 Å². The predicted octanol–water partition coefficient (Wildman–Crippen LogP) is 0.464. The summed E-state index contributed by atoms with van der Waals surface area (Å²) in [6.45, 7) is 0.978. The zero-order chi connectivity index (χ0) is 13.8. The Bertz CT molecular complexity index is 636. The second-order valence-electron chi connectivity index (χ2n) is 4.34. The molecule has 20 heavy (non-hydrogen) atoms. The minimum atomic E-state index is -0.202. The third kappa shape index (κ3) is 2.82. The molecule has 0 atom stereocenters. The summed E-state index contributed by atoms with van der Waals surface area (Å²) in [5.74, 6) is 1.18. The van der Waals surface area contributed by atoms with Gasteiger partial charge in [-0.25, -0.2) is 0 Å². The Morgan fingerprint density at radius 1 is 1.50 bits per heavy atom. The normalized spacial score (nSPS) is 13.2. The largest absolute Gasteiger partial charge is 0.493 e. The molecular formula is C13H13N5O2. The fourth-order valence-electron chi connectivity index (χ4n) is 1.96. The Hall–Kier alpha value is -2.70. The molecule has 1 aromatic heterocycles. The first-order valence-corrected chi connectivity index (χ1v) is 6.25. The number of H-pyrrole nitrogens is 1. The molecule has 0 radical (unpaired) electrons. The van der Waals surface area contributed by atoms with E-state index in [4.69, 9.17) is 4.74 Å². The predicted molar refractivity (Wildman–Crippen MR) is 70.7 cm³/mol. The van der Waals surface area contributed by atoms with E-state index in [2.05, 4.69) is 25.9 Å². The number of carbonyl (C=O) groups is 1. The molecule has 0 spiro atoms. The second kappa shape index (κ2) is 5.52. The minimum absolute atomic E-state index is 0.202. The van der Waals surface area contributed by atoms with E-state index in [1.54, 1.807) is 6.08 Å². The van der Waals surface area contributed by atoms with Crippen LogP contribution in [0.3, 0.4) is 0 Å². The van der Waals surface area contributed by atoms with Crippen LogP contribution in [0.1, 0.15) is 17.0 Å². The van der Waals surface area contributed by atoms with Gasteiger partial charge in [-0.1, -0.05) is 11.3 Å². The zero-order valence-corrected chi connectivity index (χ0v) is 10.7. The van der Waals surface area contributed by atoms with Crippen molar-refractivity contribution in [3.63, 3.8) is 0 Å². The van der Waals surface area contributed by atoms with Crippen LogP contribution in [0.5, 0.6) is 5.75 Å². The summed E-state index contributed by atoms with van der Waals surface area (Å²) in [4.78, 5) is 11.6. The molecule has 1 aliphatic rings. The fourth-order valence-corrected chi connectivity index (χ4v) is 1.96. The lowest BCUT2D eigenvalue weighted by Gasteiger charge is -2.00. The maximum atomic E-state index is 11.6. The SMILES string of the molecule is O=C(C=Cc1ccc2c(c1)CCO2)NCc1nn[nH]n1. The second-order valence-corrected chi connectivity index (χ2v) is 4.34. The van der Waals surface area contributed by atoms with Gasteiger partial charge in [0.25, 0.3) is 0 Å². The van der Waals surface area contributed by atoms with Crippen molar-refractivity contribution in [2.24, 2.45) is 0 Å². The molecular weight excluding hydrogens is 258 g/mol. The summed E-state index contributed by atoms with van der Waals surface area (Å²) in [6.07, 6.45) is 4.17. The number of aromatic nitrogens is 4. The van der Waals surface area contributed by atoms with Crippen LogP contribution in [0, 0.1) is 0 Å². The molecule has 1 aliphatic heterocycles. The molecule has 0 unspecified atom stereocenters. The molecule has 0 fully saturated rings. The highest BCUT2D eigenvalue weighted by Gasteiger charge is 2.11. The van der Waals surface area contributed by atoms with E-state index in [1.807, 2.05) is 18.2 Å². The number of hydrogen-bond acceptors (Lipinski definition) is 5. The monoisotopic (exact) mass is 271 g/mol. The topological polar surface area (TPSA) is 92.8 Å². The van der Waals surface area contributed by atoms with Crippen LogP contribution in [-0.2, 0) is 17.8 Å². The Kier molecular flexibility index (Phi) is 3.40. The summed E-state index contributed by atoms with van der Waals surface area (Å²) < 4.78 is 5.43. The highest BCUT2D eigenvalue weighted by molar-refractivity contribution is 5.91. The molecule has 1 aromatic carbocycles. The molecule has 0 saturated carbocycles. The van der Waals surface area contributed by atoms with Crippen LogP contribution in [0.15, 0.2) is 24.3 Å². The molecule has 2 aromatic rings. The van der Waals surface area contributed by atoms with E-state index in [-0.39, 0.29) is 12.5 Å². The van der Waals surface area contributed by atoms with Crippen molar-refractivity contribution >= 4 is 12.0 Å². The van der Waals surface area contributed by atoms with Gasteiger partial charge in [-0.05, 0) is 29.3 Å². The van der Waals surface area contributed by atoms with E-state index in [0.717, 1.165) is 24.3 Å². The summed E-state index contributed by atoms with van der Waals surface area (Å²) in [5, 5.41) is 15.9. The van der Waals surface area contributed by atoms with Crippen molar-refractivity contribution < 1.29 is 9.53 Å². The van der Waals surface area contributed by atoms with Gasteiger partial charge in [0.15, 0.2) is 5.82 Å². The lowest BCUT2D eigenvalue weighted by molar-refractivity contribution is -0.116. The molecule has 2 N–H and O–H groups in total. The van der Waals surface area contributed by atoms with Crippen LogP contribution in [0.4, 0.5) is 0 Å². The maximum absolute atomic E-state index is 11.6. The smallest absolute Gasteiger partial charge is 0.244 e. The molecule has 2 heterocycles. The molecule has 7 heteroatoms. The van der Waals surface area contributed by atoms with Crippen LogP contribution in [0.2, 0.25) is 0 Å². The van der Waals surface area contributed by atoms with Gasteiger partial charge in [-0.15, -0.1) is 10.2 Å². The van der Waals surface area contributed by atoms with Crippen LogP contribution in [0.25, 0.3) is 6.08 Å². The Balaban J connectivity index is 1.58. The van der Waals surface area contributed by atoms with E-state index in [0.29, 0.717) is 5.82 Å². The van der Waals surface area contributed by atoms with Crippen molar-refractivity contribution in [1.29, 1.82) is 0 Å². The minimum Gasteiger partial charge on any atom is -0.493 e. The van der Waals surface area contributed by atoms with E-state index >= 15 is 0 Å². The quantitative estimate of drug-likeness (QED) is 0.788. The highest BCUT2D eigenvalue weighted by atomic mass is 16.5. The van der Waals surface area contributed by atoms with E-state index < -0.39 is 0 Å². The van der Waals surface area contributed by atoms with Gasteiger partial charge in [0.2, 0.25) is 5.91 Å². The molecule has 0 aliphatic carbocycles. The lowest BCUT2D eigenvalue weighted by atomic mass is 10.1. The van der Waals surface area contributed by atoms with Gasteiger partial charge in [-0.2, -0.15) is 5.21 Å². The van der Waals surface area contributed by atoms with Crippen molar-refractivity contribution in [3.05, 3.63) is 41.2 Å². The molecule has 102 valence electrons. The first-order valence-electron chi connectivity index (χ1n) is 6.25. The highest BCUT2D eigenvalue weighted by Crippen LogP contribution is 2.26. The zero-order valence-electron chi connectivity index (χ0n) is 10.7. The summed E-state index contributed by atoms with van der Waals surface area (Å²) >= 11 is 0. The number of carbonyl (C=O) groups excluding carboxylic acids is 1. The standard InChI is InChI=1S/C13H13N5O2/c19-13(14-8-12-15-17-18-16-12)4-2-9-1-3-11-10(7-9)5-6-20-11/h1-4,7H,5-6,8H2,(H,14,19)(H,15,16,17,18). The molecule has 7 nitrogen and oxygen atoms in total. The number of fused-ring (bicyclic) bond motifs is 1. The third-order valence-corrected chi connectivity index (χ3v) is 2.95. The fraction of sp³-hybridized carbons (Fsp3) is 0.231. The number of amides is 1. The summed E-state index contributed by atoms with van der Waals surface area (Å²) in [5.41, 5.74) is 2.16. The Morgan fingerprint density at radius 2 is 2.45 bits per heavy atom. The number of aromatic amines is 1. The van der Waals surface area contributed by atoms with E-state index in [1.165, 1.54) is 11.6 Å². The Morgan fingerprint density at radius 3 is 3.30 bits per heavy atom. The van der Waals surface area contributed by atoms with Gasteiger partial charge in [0.05, 0.1) is 13.2 Å². The number of nitrogens with zero attached hydrogens (tertiary/aromatic N) is 3. The summed E-state index contributed by atoms with van der Waals surface area (Å²) in [7, 11) is 0. The van der Waals surface area contributed by atoms with Crippen molar-refractivity contribution in [2.45, 2.75) is 13.0 Å². The molecule has 0 bridgehead atoms. The number of ether oxygens (including phenoxy) is 1. The number of tetrazole rings is 1. The van der Waals surface area contributed by atoms with Crippen LogP contribution < -0.4 is 10.1 Å². The van der Waals surface area contributed by atoms with Gasteiger partial charge in [0.1, 0.15) is 5.75 Å². The number of benzene rings is 1. The average Bonchev–Trinajstić information content (AvgIpc) is 3.13. The third-order valence-electron chi connectivity index (χ3n) is 2.95. The van der Waals surface area contributed by atoms with Crippen molar-refractivity contribution in [1.82, 2.24) is 25.9 Å². The van der Waals surface area contributed by atoms with Crippen molar-refractivity contribution in [3.8, 4) is 5.75 Å². The van der Waals surface area contributed by atoms with Crippen molar-refractivity contribution in [2.75, 3.05) is 6.61 Å². The Labute approximate surface area is 115 Å². The average molecular weight is 271 g/mol.